The third kappa shape index (κ3) is 5.20. The van der Waals surface area contributed by atoms with Gasteiger partial charge < -0.3 is 9.73 Å². The molecule has 0 spiro atoms. The molecule has 0 fully saturated rings. The Bertz CT molecular complexity index is 2470. The quantitative estimate of drug-likeness (QED) is 0.192. The summed E-state index contributed by atoms with van der Waals surface area (Å²) >= 11 is 1.91. The number of hydrogen-bond donors (Lipinski definition) is 2. The normalized spacial score (nSPS) is 23.1. The first kappa shape index (κ1) is 29.7. The molecule has 0 saturated heterocycles. The molecule has 1 aliphatic heterocycles. The van der Waals surface area contributed by atoms with E-state index in [0.29, 0.717) is 11.8 Å². The topological polar surface area (TPSA) is 49.6 Å². The maximum atomic E-state index is 6.22. The van der Waals surface area contributed by atoms with E-state index in [2.05, 4.69) is 144 Å². The predicted octanol–water partition coefficient (Wildman–Crippen LogP) is 10.8. The summed E-state index contributed by atoms with van der Waals surface area (Å²) < 4.78 is 7.56. The Kier molecular flexibility index (Phi) is 7.28. The Hall–Kier alpha value is -5.23. The number of nitrogens with one attached hydrogen (secondary N) is 2. The molecule has 2 N–H and O–H groups in total. The zero-order valence-electron chi connectivity index (χ0n) is 27.7. The summed E-state index contributed by atoms with van der Waals surface area (Å²) in [4.78, 5) is 6.72. The van der Waals surface area contributed by atoms with Crippen LogP contribution in [0, 0.1) is 5.92 Å². The monoisotopic (exact) mass is 667 g/mol. The molecule has 5 heteroatoms. The lowest BCUT2D eigenvalue weighted by Gasteiger charge is -2.37. The number of hydrogen-bond acceptors (Lipinski definition) is 5. The SMILES string of the molecule is C1=CCC(C2NC(C3=CCC(c4ccccc4)C=C3)=NC(C3=Cc4sc5ccc(-c6cccc7oc8ccccc8c67)cc5c4CC3)N2)C=C1. The lowest BCUT2D eigenvalue weighted by molar-refractivity contribution is 0.340. The number of furan rings is 1. The third-order valence-corrected chi connectivity index (χ3v) is 12.0. The van der Waals surface area contributed by atoms with E-state index in [1.54, 1.807) is 0 Å². The average molecular weight is 668 g/mol. The molecule has 4 atom stereocenters. The van der Waals surface area contributed by atoms with Crippen molar-refractivity contribution in [3.05, 3.63) is 161 Å². The highest BCUT2D eigenvalue weighted by Gasteiger charge is 2.32. The highest BCUT2D eigenvalue weighted by atomic mass is 32.1. The second kappa shape index (κ2) is 12.3. The highest BCUT2D eigenvalue weighted by Crippen LogP contribution is 2.42. The van der Waals surface area contributed by atoms with Crippen LogP contribution in [0.1, 0.15) is 41.2 Å². The Morgan fingerprint density at radius 2 is 1.70 bits per heavy atom. The van der Waals surface area contributed by atoms with Crippen molar-refractivity contribution in [3.8, 4) is 11.1 Å². The molecule has 244 valence electrons. The van der Waals surface area contributed by atoms with Gasteiger partial charge in [0.05, 0.1) is 6.17 Å². The van der Waals surface area contributed by atoms with Gasteiger partial charge in [-0.05, 0) is 89.2 Å². The van der Waals surface area contributed by atoms with Crippen LogP contribution in [0.15, 0.2) is 154 Å². The van der Waals surface area contributed by atoms with Gasteiger partial charge >= 0.3 is 0 Å². The molecule has 3 aliphatic carbocycles. The number of nitrogens with zero attached hydrogens (tertiary/aromatic N) is 1. The van der Waals surface area contributed by atoms with Gasteiger partial charge in [-0.1, -0.05) is 109 Å². The summed E-state index contributed by atoms with van der Waals surface area (Å²) in [7, 11) is 0. The zero-order valence-corrected chi connectivity index (χ0v) is 28.5. The molecule has 3 heterocycles. The Balaban J connectivity index is 0.987. The van der Waals surface area contributed by atoms with Crippen LogP contribution in [0.3, 0.4) is 0 Å². The van der Waals surface area contributed by atoms with Crippen molar-refractivity contribution in [1.29, 1.82) is 0 Å². The van der Waals surface area contributed by atoms with Crippen molar-refractivity contribution in [3.63, 3.8) is 0 Å². The fourth-order valence-electron chi connectivity index (χ4n) is 8.18. The lowest BCUT2D eigenvalue weighted by atomic mass is 9.89. The smallest absolute Gasteiger partial charge is 0.136 e. The summed E-state index contributed by atoms with van der Waals surface area (Å²) in [5.74, 6) is 1.76. The summed E-state index contributed by atoms with van der Waals surface area (Å²) in [5.41, 5.74) is 9.70. The molecule has 10 rings (SSSR count). The van der Waals surface area contributed by atoms with Crippen LogP contribution in [0.25, 0.3) is 49.2 Å². The van der Waals surface area contributed by atoms with Crippen LogP contribution in [0.2, 0.25) is 0 Å². The van der Waals surface area contributed by atoms with Gasteiger partial charge in [0, 0.05) is 37.8 Å². The number of fused-ring (bicyclic) bond motifs is 6. The molecule has 4 aliphatic rings. The van der Waals surface area contributed by atoms with Crippen molar-refractivity contribution >= 4 is 55.3 Å². The third-order valence-electron chi connectivity index (χ3n) is 10.8. The van der Waals surface area contributed by atoms with E-state index in [1.165, 1.54) is 59.1 Å². The van der Waals surface area contributed by atoms with E-state index in [-0.39, 0.29) is 12.3 Å². The van der Waals surface area contributed by atoms with Gasteiger partial charge in [-0.3, -0.25) is 5.32 Å². The second-order valence-corrected chi connectivity index (χ2v) is 14.9. The number of allylic oxidation sites excluding steroid dienone is 5. The Morgan fingerprint density at radius 1 is 0.800 bits per heavy atom. The van der Waals surface area contributed by atoms with Crippen molar-refractivity contribution < 1.29 is 4.42 Å². The first-order valence-electron chi connectivity index (χ1n) is 17.8. The molecule has 0 saturated carbocycles. The van der Waals surface area contributed by atoms with E-state index in [0.717, 1.165) is 42.7 Å². The minimum atomic E-state index is -0.0717. The molecule has 0 radical (unpaired) electrons. The van der Waals surface area contributed by atoms with Crippen LogP contribution in [0.4, 0.5) is 0 Å². The first-order chi connectivity index (χ1) is 24.7. The summed E-state index contributed by atoms with van der Waals surface area (Å²) in [6.07, 6.45) is 22.3. The lowest BCUT2D eigenvalue weighted by Crippen LogP contribution is -2.58. The molecule has 2 aromatic heterocycles. The van der Waals surface area contributed by atoms with Crippen LogP contribution in [-0.2, 0) is 6.42 Å². The van der Waals surface area contributed by atoms with Gasteiger partial charge in [0.15, 0.2) is 0 Å². The van der Waals surface area contributed by atoms with Gasteiger partial charge in [-0.2, -0.15) is 0 Å². The van der Waals surface area contributed by atoms with Crippen LogP contribution < -0.4 is 10.6 Å². The zero-order chi connectivity index (χ0) is 33.0. The summed E-state index contributed by atoms with van der Waals surface area (Å²) in [5, 5.41) is 11.4. The van der Waals surface area contributed by atoms with Crippen molar-refractivity contribution in [2.75, 3.05) is 0 Å². The van der Waals surface area contributed by atoms with Crippen molar-refractivity contribution in [2.45, 2.75) is 43.9 Å². The van der Waals surface area contributed by atoms with E-state index in [1.807, 2.05) is 17.4 Å². The molecular formula is C45H37N3OS. The van der Waals surface area contributed by atoms with Gasteiger partial charge in [0.2, 0.25) is 0 Å². The molecular weight excluding hydrogens is 631 g/mol. The number of amidine groups is 1. The van der Waals surface area contributed by atoms with Crippen LogP contribution in [0.5, 0.6) is 0 Å². The summed E-state index contributed by atoms with van der Waals surface area (Å²) in [6, 6.07) is 32.6. The molecule has 50 heavy (non-hydrogen) atoms. The molecule has 0 amide bonds. The number of aliphatic imine (C=N–C) groups is 1. The largest absolute Gasteiger partial charge is 0.456 e. The van der Waals surface area contributed by atoms with Crippen LogP contribution in [-0.4, -0.2) is 18.2 Å². The first-order valence-corrected chi connectivity index (χ1v) is 18.6. The van der Waals surface area contributed by atoms with Gasteiger partial charge in [0.1, 0.15) is 23.2 Å². The van der Waals surface area contributed by atoms with E-state index < -0.39 is 0 Å². The fraction of sp³-hybridized carbons (Fsp3) is 0.178. The Labute approximate surface area is 295 Å². The van der Waals surface area contributed by atoms with Gasteiger partial charge in [-0.15, -0.1) is 11.3 Å². The molecule has 4 nitrogen and oxygen atoms in total. The summed E-state index contributed by atoms with van der Waals surface area (Å²) in [6.45, 7) is 0. The fourth-order valence-corrected chi connectivity index (χ4v) is 9.39. The van der Waals surface area contributed by atoms with Gasteiger partial charge in [-0.25, -0.2) is 4.99 Å². The molecule has 0 bridgehead atoms. The minimum Gasteiger partial charge on any atom is -0.456 e. The molecule has 4 unspecified atom stereocenters. The van der Waals surface area contributed by atoms with Gasteiger partial charge in [0.25, 0.3) is 0 Å². The van der Waals surface area contributed by atoms with Crippen molar-refractivity contribution in [2.24, 2.45) is 10.9 Å². The highest BCUT2D eigenvalue weighted by molar-refractivity contribution is 7.20. The van der Waals surface area contributed by atoms with E-state index in [9.17, 15) is 0 Å². The molecule has 4 aromatic carbocycles. The number of para-hydroxylation sites is 1. The average Bonchev–Trinajstić information content (AvgIpc) is 3.76. The minimum absolute atomic E-state index is 0.0717. The number of benzene rings is 4. The Morgan fingerprint density at radius 3 is 2.58 bits per heavy atom. The predicted molar refractivity (Wildman–Crippen MR) is 210 cm³/mol. The standard InChI is InChI=1S/C45H37N3OS/c1-3-10-28(11-4-1)29-18-20-31(21-19-29)44-46-43(30-12-5-2-6-13-30)47-45(48-44)33-22-24-35-37-26-32(23-25-40(37)50-41(35)27-33)34-15-9-17-39-42(34)36-14-7-8-16-38(36)49-39/h1-12,14-18,20-21,23,25-27,29-30,43,45,47H,13,19,22,24H2,(H,46,48). The maximum absolute atomic E-state index is 6.22. The number of thiophene rings is 1. The van der Waals surface area contributed by atoms with E-state index >= 15 is 0 Å². The number of rotatable bonds is 5. The number of aryl methyl sites for hydroxylation is 1. The van der Waals surface area contributed by atoms with Crippen molar-refractivity contribution in [1.82, 2.24) is 10.6 Å². The van der Waals surface area contributed by atoms with Crippen LogP contribution >= 0.6 is 11.3 Å². The second-order valence-electron chi connectivity index (χ2n) is 13.8. The molecule has 6 aromatic rings. The van der Waals surface area contributed by atoms with E-state index in [4.69, 9.17) is 9.41 Å². The maximum Gasteiger partial charge on any atom is 0.136 e.